The standard InChI is InChI=1S/C10H17O4PSi/c1-9-7-5-6-8-10(9)13-15(11,12)14-16(2,3)4/h5-8H,1-4H3,(H,11,12). The molecule has 1 N–H and O–H groups in total. The lowest BCUT2D eigenvalue weighted by Crippen LogP contribution is -2.24. The Hall–Kier alpha value is -0.613. The van der Waals surface area contributed by atoms with Crippen LogP contribution in [0.2, 0.25) is 19.6 Å². The normalized spacial score (nSPS) is 15.6. The second kappa shape index (κ2) is 4.71. The Morgan fingerprint density at radius 2 is 1.81 bits per heavy atom. The van der Waals surface area contributed by atoms with E-state index in [1.54, 1.807) is 12.1 Å². The summed E-state index contributed by atoms with van der Waals surface area (Å²) in [6.07, 6.45) is 0. The summed E-state index contributed by atoms with van der Waals surface area (Å²) < 4.78 is 21.8. The predicted octanol–water partition coefficient (Wildman–Crippen LogP) is 3.33. The van der Waals surface area contributed by atoms with Crippen molar-refractivity contribution in [2.75, 3.05) is 0 Å². The summed E-state index contributed by atoms with van der Waals surface area (Å²) in [4.78, 5) is 9.57. The molecule has 90 valence electrons. The van der Waals surface area contributed by atoms with Crippen molar-refractivity contribution in [1.29, 1.82) is 0 Å². The van der Waals surface area contributed by atoms with Crippen LogP contribution in [-0.4, -0.2) is 13.2 Å². The summed E-state index contributed by atoms with van der Waals surface area (Å²) in [5, 5.41) is 0. The van der Waals surface area contributed by atoms with Gasteiger partial charge in [0.1, 0.15) is 5.75 Å². The predicted molar refractivity (Wildman–Crippen MR) is 66.1 cm³/mol. The van der Waals surface area contributed by atoms with Crippen molar-refractivity contribution in [3.8, 4) is 5.75 Å². The van der Waals surface area contributed by atoms with Crippen LogP contribution in [0.3, 0.4) is 0 Å². The average Bonchev–Trinajstić information content (AvgIpc) is 2.04. The molecule has 0 saturated carbocycles. The summed E-state index contributed by atoms with van der Waals surface area (Å²) in [6.45, 7) is 7.30. The molecular weight excluding hydrogens is 243 g/mol. The van der Waals surface area contributed by atoms with Crippen molar-refractivity contribution >= 4 is 16.1 Å². The number of rotatable bonds is 4. The molecule has 1 aromatic rings. The van der Waals surface area contributed by atoms with E-state index in [0.717, 1.165) is 5.56 Å². The van der Waals surface area contributed by atoms with Gasteiger partial charge in [-0.05, 0) is 38.2 Å². The number of hydrogen-bond donors (Lipinski definition) is 1. The van der Waals surface area contributed by atoms with E-state index < -0.39 is 16.1 Å². The highest BCUT2D eigenvalue weighted by Crippen LogP contribution is 2.47. The Bertz CT molecular complexity index is 414. The van der Waals surface area contributed by atoms with Crippen LogP contribution in [0.15, 0.2) is 24.3 Å². The zero-order chi connectivity index (χ0) is 12.4. The van der Waals surface area contributed by atoms with Crippen LogP contribution in [-0.2, 0) is 8.78 Å². The molecule has 0 amide bonds. The molecule has 0 aliphatic rings. The highest BCUT2D eigenvalue weighted by atomic mass is 31.2. The molecule has 0 aromatic heterocycles. The van der Waals surface area contributed by atoms with Crippen molar-refractivity contribution in [3.63, 3.8) is 0 Å². The Labute approximate surface area is 97.0 Å². The minimum absolute atomic E-state index is 0.381. The van der Waals surface area contributed by atoms with Crippen molar-refractivity contribution in [1.82, 2.24) is 0 Å². The van der Waals surface area contributed by atoms with Gasteiger partial charge in [0.15, 0.2) is 8.32 Å². The number of aryl methyl sites for hydroxylation is 1. The maximum Gasteiger partial charge on any atom is 0.517 e. The highest BCUT2D eigenvalue weighted by molar-refractivity contribution is 7.49. The minimum Gasteiger partial charge on any atom is -0.404 e. The quantitative estimate of drug-likeness (QED) is 0.666. The van der Waals surface area contributed by atoms with E-state index in [4.69, 9.17) is 8.74 Å². The summed E-state index contributed by atoms with van der Waals surface area (Å²) in [7, 11) is -6.10. The fraction of sp³-hybridized carbons (Fsp3) is 0.400. The summed E-state index contributed by atoms with van der Waals surface area (Å²) >= 11 is 0. The molecule has 0 spiro atoms. The molecule has 0 fully saturated rings. The van der Waals surface area contributed by atoms with Crippen molar-refractivity contribution in [2.45, 2.75) is 26.6 Å². The summed E-state index contributed by atoms with van der Waals surface area (Å²) in [5.41, 5.74) is 0.802. The second-order valence-corrected chi connectivity index (χ2v) is 10.6. The van der Waals surface area contributed by atoms with Crippen LogP contribution in [0.1, 0.15) is 5.56 Å². The molecule has 0 aliphatic heterocycles. The second-order valence-electron chi connectivity index (χ2n) is 4.53. The molecule has 1 rings (SSSR count). The van der Waals surface area contributed by atoms with Crippen LogP contribution in [0.4, 0.5) is 0 Å². The first-order chi connectivity index (χ1) is 7.20. The van der Waals surface area contributed by atoms with Gasteiger partial charge in [-0.25, -0.2) is 4.57 Å². The maximum absolute atomic E-state index is 11.7. The first kappa shape index (κ1) is 13.5. The van der Waals surface area contributed by atoms with Gasteiger partial charge in [0.25, 0.3) is 0 Å². The van der Waals surface area contributed by atoms with Gasteiger partial charge >= 0.3 is 7.82 Å². The molecule has 1 unspecified atom stereocenters. The minimum atomic E-state index is -4.00. The SMILES string of the molecule is Cc1ccccc1OP(=O)(O)O[Si](C)(C)C. The van der Waals surface area contributed by atoms with Crippen LogP contribution in [0, 0.1) is 6.92 Å². The van der Waals surface area contributed by atoms with Gasteiger partial charge in [-0.3, -0.25) is 4.89 Å². The zero-order valence-electron chi connectivity index (χ0n) is 9.93. The number of benzene rings is 1. The highest BCUT2D eigenvalue weighted by Gasteiger charge is 2.31. The molecule has 0 saturated heterocycles. The zero-order valence-corrected chi connectivity index (χ0v) is 11.8. The smallest absolute Gasteiger partial charge is 0.404 e. The molecule has 4 nitrogen and oxygen atoms in total. The molecule has 16 heavy (non-hydrogen) atoms. The maximum atomic E-state index is 11.7. The fourth-order valence-electron chi connectivity index (χ4n) is 1.15. The molecule has 0 heterocycles. The molecule has 0 bridgehead atoms. The lowest BCUT2D eigenvalue weighted by atomic mass is 10.2. The van der Waals surface area contributed by atoms with E-state index in [2.05, 4.69) is 0 Å². The van der Waals surface area contributed by atoms with E-state index in [-0.39, 0.29) is 0 Å². The van der Waals surface area contributed by atoms with Crippen molar-refractivity contribution < 1.29 is 18.2 Å². The van der Waals surface area contributed by atoms with Crippen molar-refractivity contribution in [3.05, 3.63) is 29.8 Å². The summed E-state index contributed by atoms with van der Waals surface area (Å²) in [6, 6.07) is 7.04. The number of phosphoric ester groups is 1. The van der Waals surface area contributed by atoms with Crippen LogP contribution in [0.25, 0.3) is 0 Å². The lowest BCUT2D eigenvalue weighted by Gasteiger charge is -2.21. The lowest BCUT2D eigenvalue weighted by molar-refractivity contribution is 0.288. The number of hydrogen-bond acceptors (Lipinski definition) is 3. The van der Waals surface area contributed by atoms with Gasteiger partial charge in [-0.1, -0.05) is 18.2 Å². The van der Waals surface area contributed by atoms with E-state index in [9.17, 15) is 9.46 Å². The van der Waals surface area contributed by atoms with Gasteiger partial charge in [0.05, 0.1) is 0 Å². The van der Waals surface area contributed by atoms with Gasteiger partial charge in [-0.2, -0.15) is 0 Å². The van der Waals surface area contributed by atoms with E-state index in [1.165, 1.54) is 0 Å². The van der Waals surface area contributed by atoms with Crippen molar-refractivity contribution in [2.24, 2.45) is 0 Å². The van der Waals surface area contributed by atoms with Gasteiger partial charge in [0.2, 0.25) is 0 Å². The topological polar surface area (TPSA) is 55.8 Å². The molecule has 1 aromatic carbocycles. The first-order valence-corrected chi connectivity index (χ1v) is 9.89. The van der Waals surface area contributed by atoms with Gasteiger partial charge < -0.3 is 8.74 Å². The molecule has 6 heteroatoms. The third-order valence-electron chi connectivity index (χ3n) is 1.70. The average molecular weight is 260 g/mol. The Balaban J connectivity index is 2.81. The first-order valence-electron chi connectivity index (χ1n) is 4.98. The molecular formula is C10H17O4PSi. The Morgan fingerprint density at radius 1 is 1.25 bits per heavy atom. The number of para-hydroxylation sites is 1. The largest absolute Gasteiger partial charge is 0.517 e. The third-order valence-corrected chi connectivity index (χ3v) is 5.24. The van der Waals surface area contributed by atoms with Gasteiger partial charge in [0, 0.05) is 0 Å². The monoisotopic (exact) mass is 260 g/mol. The molecule has 0 radical (unpaired) electrons. The number of phosphoric acid groups is 1. The van der Waals surface area contributed by atoms with Crippen LogP contribution >= 0.6 is 7.82 Å². The Kier molecular flexibility index (Phi) is 3.96. The van der Waals surface area contributed by atoms with E-state index in [0.29, 0.717) is 5.75 Å². The van der Waals surface area contributed by atoms with E-state index in [1.807, 2.05) is 38.7 Å². The Morgan fingerprint density at radius 3 is 2.31 bits per heavy atom. The van der Waals surface area contributed by atoms with Crippen LogP contribution in [0.5, 0.6) is 5.75 Å². The fourth-order valence-corrected chi connectivity index (χ4v) is 4.52. The van der Waals surface area contributed by atoms with Gasteiger partial charge in [-0.15, -0.1) is 0 Å². The van der Waals surface area contributed by atoms with Crippen LogP contribution < -0.4 is 4.52 Å². The molecule has 1 atom stereocenters. The third kappa shape index (κ3) is 4.49. The summed E-state index contributed by atoms with van der Waals surface area (Å²) in [5.74, 6) is 0.381. The molecule has 0 aliphatic carbocycles. The van der Waals surface area contributed by atoms with E-state index >= 15 is 0 Å².